The van der Waals surface area contributed by atoms with Crippen LogP contribution in [0.4, 0.5) is 0 Å². The van der Waals surface area contributed by atoms with Gasteiger partial charge in [-0.05, 0) is 26.3 Å². The van der Waals surface area contributed by atoms with Gasteiger partial charge in [0.2, 0.25) is 0 Å². The summed E-state index contributed by atoms with van der Waals surface area (Å²) < 4.78 is 10.8. The number of carbonyl (C=O) groups is 1. The fourth-order valence-corrected chi connectivity index (χ4v) is 2.47. The number of ether oxygens (including phenoxy) is 1. The maximum Gasteiger partial charge on any atom is 0.255 e. The number of hydrogen-bond acceptors (Lipinski definition) is 3. The van der Waals surface area contributed by atoms with Crippen molar-refractivity contribution < 1.29 is 13.9 Å². The molecule has 0 aromatic carbocycles. The Morgan fingerprint density at radius 1 is 1.61 bits per heavy atom. The molecule has 0 aliphatic heterocycles. The third kappa shape index (κ3) is 2.17. The summed E-state index contributed by atoms with van der Waals surface area (Å²) in [6.07, 6.45) is 2.65. The summed E-state index contributed by atoms with van der Waals surface area (Å²) in [7, 11) is 0. The highest BCUT2D eigenvalue weighted by Gasteiger charge is 2.49. The van der Waals surface area contributed by atoms with Crippen molar-refractivity contribution in [3.63, 3.8) is 0 Å². The molecule has 100 valence electrons. The maximum absolute atomic E-state index is 12.1. The zero-order valence-electron chi connectivity index (χ0n) is 11.4. The molecule has 0 saturated heterocycles. The lowest BCUT2D eigenvalue weighted by atomic mass is 9.64. The van der Waals surface area contributed by atoms with Crippen LogP contribution >= 0.6 is 0 Å². The largest absolute Gasteiger partial charge is 0.469 e. The van der Waals surface area contributed by atoms with Gasteiger partial charge in [0, 0.05) is 18.1 Å². The fourth-order valence-electron chi connectivity index (χ4n) is 2.47. The van der Waals surface area contributed by atoms with E-state index in [0.717, 1.165) is 13.0 Å². The van der Waals surface area contributed by atoms with E-state index in [9.17, 15) is 4.79 Å². The Hall–Kier alpha value is -1.29. The SMILES string of the molecule is CCO[C@H]1C[C@H](NC(=O)c2ccoc2C)C1(C)C. The first-order valence-corrected chi connectivity index (χ1v) is 6.43. The summed E-state index contributed by atoms with van der Waals surface area (Å²) in [4.78, 5) is 12.1. The van der Waals surface area contributed by atoms with E-state index in [0.29, 0.717) is 11.3 Å². The van der Waals surface area contributed by atoms with E-state index < -0.39 is 0 Å². The van der Waals surface area contributed by atoms with Crippen molar-refractivity contribution in [3.05, 3.63) is 23.7 Å². The lowest BCUT2D eigenvalue weighted by Crippen LogP contribution is -2.62. The first-order valence-electron chi connectivity index (χ1n) is 6.43. The van der Waals surface area contributed by atoms with Crippen LogP contribution in [0.15, 0.2) is 16.7 Å². The predicted molar refractivity (Wildman–Crippen MR) is 68.5 cm³/mol. The van der Waals surface area contributed by atoms with E-state index in [1.807, 2.05) is 6.92 Å². The van der Waals surface area contributed by atoms with E-state index in [1.165, 1.54) is 0 Å². The number of aryl methyl sites for hydroxylation is 1. The first-order chi connectivity index (χ1) is 8.46. The van der Waals surface area contributed by atoms with Crippen LogP contribution in [-0.2, 0) is 4.74 Å². The molecule has 2 atom stereocenters. The van der Waals surface area contributed by atoms with Gasteiger partial charge in [0.15, 0.2) is 0 Å². The van der Waals surface area contributed by atoms with Gasteiger partial charge in [-0.15, -0.1) is 0 Å². The third-order valence-corrected chi connectivity index (χ3v) is 3.95. The molecule has 0 radical (unpaired) electrons. The van der Waals surface area contributed by atoms with Crippen LogP contribution in [0.2, 0.25) is 0 Å². The van der Waals surface area contributed by atoms with E-state index >= 15 is 0 Å². The van der Waals surface area contributed by atoms with E-state index in [-0.39, 0.29) is 23.5 Å². The summed E-state index contributed by atoms with van der Waals surface area (Å²) in [5.74, 6) is 0.597. The van der Waals surface area contributed by atoms with Gasteiger partial charge >= 0.3 is 0 Å². The molecule has 1 saturated carbocycles. The molecule has 4 nitrogen and oxygen atoms in total. The molecular formula is C14H21NO3. The Labute approximate surface area is 108 Å². The Bertz CT molecular complexity index is 436. The second kappa shape index (κ2) is 4.76. The number of furan rings is 1. The van der Waals surface area contributed by atoms with E-state index in [1.54, 1.807) is 19.3 Å². The van der Waals surface area contributed by atoms with Crippen molar-refractivity contribution in [1.29, 1.82) is 0 Å². The first kappa shape index (κ1) is 13.1. The maximum atomic E-state index is 12.1. The molecule has 1 aliphatic carbocycles. The van der Waals surface area contributed by atoms with Crippen LogP contribution in [0.3, 0.4) is 0 Å². The molecule has 1 heterocycles. The summed E-state index contributed by atoms with van der Waals surface area (Å²) >= 11 is 0. The molecule has 18 heavy (non-hydrogen) atoms. The second-order valence-corrected chi connectivity index (χ2v) is 5.42. The summed E-state index contributed by atoms with van der Waals surface area (Å²) in [6.45, 7) is 8.77. The number of carbonyl (C=O) groups excluding carboxylic acids is 1. The van der Waals surface area contributed by atoms with Crippen molar-refractivity contribution in [2.24, 2.45) is 5.41 Å². The molecule has 0 spiro atoms. The van der Waals surface area contributed by atoms with Gasteiger partial charge in [-0.3, -0.25) is 4.79 Å². The zero-order chi connectivity index (χ0) is 13.3. The standard InChI is InChI=1S/C14H21NO3/c1-5-17-12-8-11(14(12,3)4)15-13(16)10-6-7-18-9(10)2/h6-7,11-12H,5,8H2,1-4H3,(H,15,16)/t11-,12-/m0/s1. The van der Waals surface area contributed by atoms with Gasteiger partial charge in [0.05, 0.1) is 17.9 Å². The van der Waals surface area contributed by atoms with E-state index in [2.05, 4.69) is 19.2 Å². The number of rotatable bonds is 4. The normalized spacial score (nSPS) is 25.6. The Kier molecular flexibility index (Phi) is 3.48. The quantitative estimate of drug-likeness (QED) is 0.894. The minimum Gasteiger partial charge on any atom is -0.469 e. The number of amides is 1. The number of hydrogen-bond donors (Lipinski definition) is 1. The summed E-state index contributed by atoms with van der Waals surface area (Å²) in [5.41, 5.74) is 0.606. The smallest absolute Gasteiger partial charge is 0.255 e. The molecule has 0 bridgehead atoms. The number of nitrogens with one attached hydrogen (secondary N) is 1. The summed E-state index contributed by atoms with van der Waals surface area (Å²) in [6, 6.07) is 1.87. The molecule has 1 fully saturated rings. The van der Waals surface area contributed by atoms with Gasteiger partial charge in [-0.25, -0.2) is 0 Å². The van der Waals surface area contributed by atoms with E-state index in [4.69, 9.17) is 9.15 Å². The zero-order valence-corrected chi connectivity index (χ0v) is 11.4. The van der Waals surface area contributed by atoms with Crippen molar-refractivity contribution in [2.45, 2.75) is 46.3 Å². The van der Waals surface area contributed by atoms with Gasteiger partial charge in [-0.2, -0.15) is 0 Å². The highest BCUT2D eigenvalue weighted by molar-refractivity contribution is 5.95. The monoisotopic (exact) mass is 251 g/mol. The van der Waals surface area contributed by atoms with Crippen LogP contribution < -0.4 is 5.32 Å². The lowest BCUT2D eigenvalue weighted by molar-refractivity contribution is -0.111. The van der Waals surface area contributed by atoms with Crippen LogP contribution in [-0.4, -0.2) is 24.7 Å². The Morgan fingerprint density at radius 2 is 2.33 bits per heavy atom. The van der Waals surface area contributed by atoms with Gasteiger partial charge in [0.1, 0.15) is 5.76 Å². The molecule has 4 heteroatoms. The van der Waals surface area contributed by atoms with Crippen molar-refractivity contribution in [1.82, 2.24) is 5.32 Å². The van der Waals surface area contributed by atoms with Crippen LogP contribution in [0.25, 0.3) is 0 Å². The lowest BCUT2D eigenvalue weighted by Gasteiger charge is -2.51. The molecule has 1 amide bonds. The molecule has 1 aromatic rings. The van der Waals surface area contributed by atoms with Crippen LogP contribution in [0, 0.1) is 12.3 Å². The molecule has 0 unspecified atom stereocenters. The van der Waals surface area contributed by atoms with Gasteiger partial charge in [-0.1, -0.05) is 13.8 Å². The van der Waals surface area contributed by atoms with Gasteiger partial charge in [0.25, 0.3) is 5.91 Å². The molecule has 1 aromatic heterocycles. The van der Waals surface area contributed by atoms with Crippen molar-refractivity contribution in [3.8, 4) is 0 Å². The third-order valence-electron chi connectivity index (χ3n) is 3.95. The fraction of sp³-hybridized carbons (Fsp3) is 0.643. The summed E-state index contributed by atoms with van der Waals surface area (Å²) in [5, 5.41) is 3.06. The molecule has 1 aliphatic rings. The average molecular weight is 251 g/mol. The van der Waals surface area contributed by atoms with Crippen molar-refractivity contribution in [2.75, 3.05) is 6.61 Å². The minimum absolute atomic E-state index is 0.0106. The minimum atomic E-state index is -0.0609. The Balaban J connectivity index is 1.96. The average Bonchev–Trinajstić information content (AvgIpc) is 2.74. The Morgan fingerprint density at radius 3 is 2.83 bits per heavy atom. The topological polar surface area (TPSA) is 51.5 Å². The molecular weight excluding hydrogens is 230 g/mol. The molecule has 2 rings (SSSR count). The molecule has 1 N–H and O–H groups in total. The highest BCUT2D eigenvalue weighted by atomic mass is 16.5. The van der Waals surface area contributed by atoms with Crippen LogP contribution in [0.1, 0.15) is 43.3 Å². The predicted octanol–water partition coefficient (Wildman–Crippen LogP) is 2.52. The van der Waals surface area contributed by atoms with Crippen molar-refractivity contribution >= 4 is 5.91 Å². The highest BCUT2D eigenvalue weighted by Crippen LogP contribution is 2.42. The van der Waals surface area contributed by atoms with Gasteiger partial charge < -0.3 is 14.5 Å². The second-order valence-electron chi connectivity index (χ2n) is 5.42. The van der Waals surface area contributed by atoms with Crippen LogP contribution in [0.5, 0.6) is 0 Å².